The predicted molar refractivity (Wildman–Crippen MR) is 106 cm³/mol. The lowest BCUT2D eigenvalue weighted by Gasteiger charge is -2.30. The number of non-ortho nitro benzene ring substituents is 1. The first-order valence-corrected chi connectivity index (χ1v) is 9.02. The molecule has 8 heteroatoms. The minimum atomic E-state index is -0.453. The number of thioether (sulfide) groups is 1. The van der Waals surface area contributed by atoms with Gasteiger partial charge in [0.25, 0.3) is 11.6 Å². The van der Waals surface area contributed by atoms with Gasteiger partial charge >= 0.3 is 0 Å². The molecule has 1 fully saturated rings. The molecule has 1 aromatic heterocycles. The van der Waals surface area contributed by atoms with Gasteiger partial charge in [0, 0.05) is 29.3 Å². The van der Waals surface area contributed by atoms with Gasteiger partial charge in [0.05, 0.1) is 9.83 Å². The van der Waals surface area contributed by atoms with Crippen LogP contribution in [0, 0.1) is 10.1 Å². The molecule has 3 rings (SSSR count). The van der Waals surface area contributed by atoms with Crippen LogP contribution in [0.4, 0.5) is 5.69 Å². The number of carbonyl (C=O) groups is 1. The van der Waals surface area contributed by atoms with Gasteiger partial charge in [-0.1, -0.05) is 36.1 Å². The summed E-state index contributed by atoms with van der Waals surface area (Å²) >= 11 is 6.55. The molecule has 2 heterocycles. The molecular formula is C18H16N2O4S2. The van der Waals surface area contributed by atoms with Crippen molar-refractivity contribution in [1.29, 1.82) is 0 Å². The Bertz CT molecular complexity index is 941. The van der Waals surface area contributed by atoms with Gasteiger partial charge in [-0.15, -0.1) is 0 Å². The zero-order valence-corrected chi connectivity index (χ0v) is 16.0. The number of nitrogens with zero attached hydrogens (tertiary/aromatic N) is 2. The van der Waals surface area contributed by atoms with Gasteiger partial charge in [0.15, 0.2) is 0 Å². The fourth-order valence-corrected chi connectivity index (χ4v) is 4.15. The molecule has 26 heavy (non-hydrogen) atoms. The highest BCUT2D eigenvalue weighted by Gasteiger charge is 2.39. The molecule has 0 atom stereocenters. The quantitative estimate of drug-likeness (QED) is 0.324. The highest BCUT2D eigenvalue weighted by molar-refractivity contribution is 8.26. The van der Waals surface area contributed by atoms with Crippen LogP contribution in [0.2, 0.25) is 0 Å². The normalized spacial score (nSPS) is 16.6. The van der Waals surface area contributed by atoms with E-state index in [1.807, 2.05) is 20.8 Å². The van der Waals surface area contributed by atoms with Crippen molar-refractivity contribution in [1.82, 2.24) is 4.90 Å². The molecule has 1 aliphatic heterocycles. The van der Waals surface area contributed by atoms with Crippen molar-refractivity contribution in [3.8, 4) is 11.3 Å². The number of hydrogen-bond acceptors (Lipinski definition) is 6. The minimum Gasteiger partial charge on any atom is -0.457 e. The summed E-state index contributed by atoms with van der Waals surface area (Å²) in [5.41, 5.74) is 0.196. The first-order valence-electron chi connectivity index (χ1n) is 7.79. The summed E-state index contributed by atoms with van der Waals surface area (Å²) < 4.78 is 6.26. The molecule has 1 saturated heterocycles. The highest BCUT2D eigenvalue weighted by atomic mass is 32.2. The molecule has 1 aliphatic rings. The Morgan fingerprint density at radius 3 is 2.62 bits per heavy atom. The fourth-order valence-electron chi connectivity index (χ4n) is 2.53. The highest BCUT2D eigenvalue weighted by Crippen LogP contribution is 2.37. The molecule has 1 amide bonds. The second kappa shape index (κ2) is 6.69. The zero-order chi connectivity index (χ0) is 19.1. The van der Waals surface area contributed by atoms with Crippen LogP contribution < -0.4 is 0 Å². The largest absolute Gasteiger partial charge is 0.457 e. The van der Waals surface area contributed by atoms with Crippen molar-refractivity contribution >= 4 is 46.0 Å². The summed E-state index contributed by atoms with van der Waals surface area (Å²) in [6.07, 6.45) is 1.64. The second-order valence-electron chi connectivity index (χ2n) is 6.70. The number of nitro benzene ring substituents is 1. The number of thiocarbonyl (C=S) groups is 1. The number of amides is 1. The lowest BCUT2D eigenvalue weighted by molar-refractivity contribution is -0.384. The standard InChI is InChI=1S/C18H16N2O4S2/c1-18(2,3)19-16(21)15(26-17(19)25)10-13-7-8-14(24-13)11-5-4-6-12(9-11)20(22)23/h4-10H,1-3H3. The first-order chi connectivity index (χ1) is 12.2. The van der Waals surface area contributed by atoms with E-state index in [0.29, 0.717) is 26.3 Å². The molecule has 0 radical (unpaired) electrons. The van der Waals surface area contributed by atoms with E-state index in [4.69, 9.17) is 16.6 Å². The molecule has 1 aromatic carbocycles. The summed E-state index contributed by atoms with van der Waals surface area (Å²) in [7, 11) is 0. The van der Waals surface area contributed by atoms with E-state index in [2.05, 4.69) is 0 Å². The molecule has 134 valence electrons. The third kappa shape index (κ3) is 3.56. The molecule has 0 bridgehead atoms. The Morgan fingerprint density at radius 2 is 2.00 bits per heavy atom. The summed E-state index contributed by atoms with van der Waals surface area (Å²) in [6, 6.07) is 9.64. The summed E-state index contributed by atoms with van der Waals surface area (Å²) in [5.74, 6) is 0.827. The summed E-state index contributed by atoms with van der Waals surface area (Å²) in [6.45, 7) is 5.77. The van der Waals surface area contributed by atoms with Gasteiger partial charge < -0.3 is 4.42 Å². The van der Waals surface area contributed by atoms with Gasteiger partial charge in [-0.25, -0.2) is 0 Å². The first kappa shape index (κ1) is 18.3. The second-order valence-corrected chi connectivity index (χ2v) is 8.37. The van der Waals surface area contributed by atoms with Crippen molar-refractivity contribution in [2.24, 2.45) is 0 Å². The third-order valence-electron chi connectivity index (χ3n) is 3.71. The Hall–Kier alpha value is -2.45. The van der Waals surface area contributed by atoms with E-state index >= 15 is 0 Å². The van der Waals surface area contributed by atoms with Crippen LogP contribution in [-0.4, -0.2) is 25.6 Å². The van der Waals surface area contributed by atoms with Gasteiger partial charge in [-0.05, 0) is 32.9 Å². The molecule has 0 N–H and O–H groups in total. The van der Waals surface area contributed by atoms with Gasteiger partial charge in [0.1, 0.15) is 15.8 Å². The van der Waals surface area contributed by atoms with Crippen LogP contribution in [0.25, 0.3) is 17.4 Å². The molecule has 0 spiro atoms. The third-order valence-corrected chi connectivity index (χ3v) is 5.01. The topological polar surface area (TPSA) is 76.6 Å². The van der Waals surface area contributed by atoms with Crippen molar-refractivity contribution in [2.75, 3.05) is 0 Å². The maximum atomic E-state index is 12.6. The number of rotatable bonds is 3. The van der Waals surface area contributed by atoms with Crippen LogP contribution in [0.5, 0.6) is 0 Å². The Kier molecular flexibility index (Phi) is 4.72. The molecular weight excluding hydrogens is 372 g/mol. The number of furan rings is 1. The average molecular weight is 388 g/mol. The zero-order valence-electron chi connectivity index (χ0n) is 14.4. The SMILES string of the molecule is CC(C)(C)N1C(=O)C(=Cc2ccc(-c3cccc([N+](=O)[O-])c3)o2)SC1=S. The van der Waals surface area contributed by atoms with Gasteiger partial charge in [-0.2, -0.15) is 0 Å². The Morgan fingerprint density at radius 1 is 1.27 bits per heavy atom. The monoisotopic (exact) mass is 388 g/mol. The number of benzene rings is 1. The Balaban J connectivity index is 1.88. The van der Waals surface area contributed by atoms with Gasteiger partial charge in [0.2, 0.25) is 0 Å². The smallest absolute Gasteiger partial charge is 0.270 e. The van der Waals surface area contributed by atoms with Crippen LogP contribution in [0.15, 0.2) is 45.7 Å². The summed E-state index contributed by atoms with van der Waals surface area (Å²) in [4.78, 5) is 25.1. The van der Waals surface area contributed by atoms with Crippen molar-refractivity contribution in [3.63, 3.8) is 0 Å². The number of carbonyl (C=O) groups excluding carboxylic acids is 1. The van der Waals surface area contributed by atoms with Crippen molar-refractivity contribution in [3.05, 3.63) is 57.2 Å². The Labute approximate surface area is 160 Å². The maximum absolute atomic E-state index is 12.6. The number of hydrogen-bond donors (Lipinski definition) is 0. The van der Waals surface area contributed by atoms with Crippen molar-refractivity contribution < 1.29 is 14.1 Å². The molecule has 2 aromatic rings. The van der Waals surface area contributed by atoms with Crippen molar-refractivity contribution in [2.45, 2.75) is 26.3 Å². The van der Waals surface area contributed by atoms with E-state index in [9.17, 15) is 14.9 Å². The van der Waals surface area contributed by atoms with Crippen LogP contribution in [-0.2, 0) is 4.79 Å². The molecule has 6 nitrogen and oxygen atoms in total. The van der Waals surface area contributed by atoms with Crippen LogP contribution in [0.3, 0.4) is 0 Å². The van der Waals surface area contributed by atoms with Crippen LogP contribution >= 0.6 is 24.0 Å². The minimum absolute atomic E-state index is 0.00787. The lowest BCUT2D eigenvalue weighted by atomic mass is 10.1. The van der Waals surface area contributed by atoms with Crippen LogP contribution in [0.1, 0.15) is 26.5 Å². The van der Waals surface area contributed by atoms with E-state index in [0.717, 1.165) is 0 Å². The maximum Gasteiger partial charge on any atom is 0.270 e. The predicted octanol–water partition coefficient (Wildman–Crippen LogP) is 4.85. The fraction of sp³-hybridized carbons (Fsp3) is 0.222. The molecule has 0 aliphatic carbocycles. The summed E-state index contributed by atoms with van der Waals surface area (Å²) in [5, 5.41) is 10.9. The molecule has 0 unspecified atom stereocenters. The molecule has 0 saturated carbocycles. The lowest BCUT2D eigenvalue weighted by Crippen LogP contribution is -2.44. The van der Waals surface area contributed by atoms with E-state index in [1.165, 1.54) is 23.9 Å². The van der Waals surface area contributed by atoms with E-state index < -0.39 is 10.5 Å². The van der Waals surface area contributed by atoms with E-state index in [-0.39, 0.29) is 11.6 Å². The van der Waals surface area contributed by atoms with Gasteiger partial charge in [-0.3, -0.25) is 19.8 Å². The number of nitro groups is 1. The van der Waals surface area contributed by atoms with E-state index in [1.54, 1.807) is 35.2 Å². The average Bonchev–Trinajstić information content (AvgIpc) is 3.12.